The summed E-state index contributed by atoms with van der Waals surface area (Å²) >= 11 is 0. The number of fused-ring (bicyclic) bond motifs is 2. The van der Waals surface area contributed by atoms with Crippen LogP contribution in [0.25, 0.3) is 0 Å². The Morgan fingerprint density at radius 3 is 2.72 bits per heavy atom. The number of hydrogen-bond acceptors (Lipinski definition) is 2. The fourth-order valence-corrected chi connectivity index (χ4v) is 3.37. The molecule has 1 aromatic carbocycles. The Morgan fingerprint density at radius 2 is 2.06 bits per heavy atom. The molecule has 2 bridgehead atoms. The van der Waals surface area contributed by atoms with E-state index in [0.717, 1.165) is 11.5 Å². The van der Waals surface area contributed by atoms with Crippen molar-refractivity contribution < 1.29 is 9.90 Å². The average molecular weight is 242 g/mol. The van der Waals surface area contributed by atoms with Gasteiger partial charge >= 0.3 is 0 Å². The van der Waals surface area contributed by atoms with Gasteiger partial charge in [0.1, 0.15) is 11.5 Å². The van der Waals surface area contributed by atoms with E-state index in [2.05, 4.69) is 12.2 Å². The van der Waals surface area contributed by atoms with Crippen molar-refractivity contribution in [1.29, 1.82) is 0 Å². The van der Waals surface area contributed by atoms with E-state index in [1.807, 2.05) is 12.1 Å². The third-order valence-electron chi connectivity index (χ3n) is 4.29. The Kier molecular flexibility index (Phi) is 2.94. The Morgan fingerprint density at radius 1 is 1.22 bits per heavy atom. The van der Waals surface area contributed by atoms with E-state index in [9.17, 15) is 9.90 Å². The quantitative estimate of drug-likeness (QED) is 0.824. The van der Waals surface area contributed by atoms with Crippen LogP contribution < -0.4 is 0 Å². The monoisotopic (exact) mass is 242 g/mol. The molecule has 0 saturated heterocycles. The fourth-order valence-electron chi connectivity index (χ4n) is 3.37. The van der Waals surface area contributed by atoms with Gasteiger partial charge in [-0.3, -0.25) is 4.79 Å². The summed E-state index contributed by atoms with van der Waals surface area (Å²) in [6.07, 6.45) is 8.03. The first-order chi connectivity index (χ1) is 8.72. The van der Waals surface area contributed by atoms with Crippen molar-refractivity contribution in [3.05, 3.63) is 42.0 Å². The summed E-state index contributed by atoms with van der Waals surface area (Å²) in [4.78, 5) is 12.1. The molecule has 3 unspecified atom stereocenters. The topological polar surface area (TPSA) is 37.3 Å². The minimum Gasteiger partial charge on any atom is -0.508 e. The Hall–Kier alpha value is -1.57. The van der Waals surface area contributed by atoms with Gasteiger partial charge in [0.15, 0.2) is 0 Å². The lowest BCUT2D eigenvalue weighted by molar-refractivity contribution is -0.119. The molecular weight excluding hydrogens is 224 g/mol. The fraction of sp³-hybridized carbons (Fsp3) is 0.438. The smallest absolute Gasteiger partial charge is 0.137 e. The second-order valence-electron chi connectivity index (χ2n) is 5.59. The summed E-state index contributed by atoms with van der Waals surface area (Å²) in [7, 11) is 0. The maximum Gasteiger partial charge on any atom is 0.137 e. The number of para-hydroxylation sites is 1. The second kappa shape index (κ2) is 4.60. The summed E-state index contributed by atoms with van der Waals surface area (Å²) in [6.45, 7) is 0. The number of benzene rings is 1. The highest BCUT2D eigenvalue weighted by Gasteiger charge is 2.36. The maximum atomic E-state index is 12.1. The van der Waals surface area contributed by atoms with Gasteiger partial charge in [0, 0.05) is 18.4 Å². The van der Waals surface area contributed by atoms with Gasteiger partial charge in [-0.1, -0.05) is 30.4 Å². The van der Waals surface area contributed by atoms with E-state index < -0.39 is 0 Å². The van der Waals surface area contributed by atoms with Gasteiger partial charge in [-0.2, -0.15) is 0 Å². The summed E-state index contributed by atoms with van der Waals surface area (Å²) in [5.41, 5.74) is 0.751. The second-order valence-corrected chi connectivity index (χ2v) is 5.59. The molecule has 3 atom stereocenters. The predicted molar refractivity (Wildman–Crippen MR) is 70.3 cm³/mol. The number of rotatable bonds is 4. The van der Waals surface area contributed by atoms with Crippen LogP contribution in [-0.4, -0.2) is 10.9 Å². The zero-order valence-corrected chi connectivity index (χ0v) is 10.4. The molecular formula is C16H18O2. The normalized spacial score (nSPS) is 28.8. The summed E-state index contributed by atoms with van der Waals surface area (Å²) < 4.78 is 0. The van der Waals surface area contributed by atoms with Crippen molar-refractivity contribution in [1.82, 2.24) is 0 Å². The predicted octanol–water partition coefficient (Wildman–Crippen LogP) is 3.11. The minimum absolute atomic E-state index is 0.235. The zero-order valence-electron chi connectivity index (χ0n) is 10.4. The van der Waals surface area contributed by atoms with E-state index >= 15 is 0 Å². The minimum atomic E-state index is 0.235. The Balaban J connectivity index is 1.60. The first-order valence-corrected chi connectivity index (χ1v) is 6.69. The van der Waals surface area contributed by atoms with E-state index in [-0.39, 0.29) is 11.5 Å². The van der Waals surface area contributed by atoms with Crippen LogP contribution >= 0.6 is 0 Å². The Labute approximate surface area is 107 Å². The molecule has 2 aliphatic carbocycles. The molecule has 0 aliphatic heterocycles. The van der Waals surface area contributed by atoms with Gasteiger partial charge in [-0.05, 0) is 36.7 Å². The van der Waals surface area contributed by atoms with Crippen LogP contribution in [0.4, 0.5) is 0 Å². The highest BCUT2D eigenvalue weighted by atomic mass is 16.3. The molecule has 94 valence electrons. The third kappa shape index (κ3) is 2.20. The molecule has 0 aromatic heterocycles. The summed E-state index contributed by atoms with van der Waals surface area (Å²) in [5.74, 6) is 2.38. The van der Waals surface area contributed by atoms with Crippen LogP contribution in [0.3, 0.4) is 0 Å². The molecule has 2 nitrogen and oxygen atoms in total. The van der Waals surface area contributed by atoms with Crippen molar-refractivity contribution in [2.75, 3.05) is 0 Å². The highest BCUT2D eigenvalue weighted by Crippen LogP contribution is 2.45. The largest absolute Gasteiger partial charge is 0.508 e. The van der Waals surface area contributed by atoms with Gasteiger partial charge in [0.2, 0.25) is 0 Å². The number of allylic oxidation sites excluding steroid dienone is 2. The molecule has 0 radical (unpaired) electrons. The molecule has 0 heterocycles. The van der Waals surface area contributed by atoms with Crippen molar-refractivity contribution >= 4 is 5.78 Å². The summed E-state index contributed by atoms with van der Waals surface area (Å²) in [6, 6.07) is 7.11. The van der Waals surface area contributed by atoms with E-state index in [0.29, 0.717) is 24.7 Å². The molecule has 3 rings (SSSR count). The number of hydrogen-bond donors (Lipinski definition) is 1. The lowest BCUT2D eigenvalue weighted by Crippen LogP contribution is -2.14. The number of ketones is 1. The SMILES string of the molecule is O=C(Cc1ccccc1O)CC1CC2C=CC1C2. The molecule has 0 spiro atoms. The highest BCUT2D eigenvalue weighted by molar-refractivity contribution is 5.81. The lowest BCUT2D eigenvalue weighted by Gasteiger charge is -2.17. The first-order valence-electron chi connectivity index (χ1n) is 6.69. The van der Waals surface area contributed by atoms with E-state index in [1.54, 1.807) is 12.1 Å². The van der Waals surface area contributed by atoms with Crippen molar-refractivity contribution in [2.45, 2.75) is 25.7 Å². The Bertz CT molecular complexity index is 490. The molecule has 18 heavy (non-hydrogen) atoms. The molecule has 0 amide bonds. The van der Waals surface area contributed by atoms with Gasteiger partial charge in [0.05, 0.1) is 0 Å². The average Bonchev–Trinajstić information content (AvgIpc) is 2.94. The molecule has 2 heteroatoms. The molecule has 1 N–H and O–H groups in total. The van der Waals surface area contributed by atoms with Crippen LogP contribution in [0.1, 0.15) is 24.8 Å². The van der Waals surface area contributed by atoms with Gasteiger partial charge < -0.3 is 5.11 Å². The third-order valence-corrected chi connectivity index (χ3v) is 4.29. The van der Waals surface area contributed by atoms with Crippen LogP contribution in [0.15, 0.2) is 36.4 Å². The van der Waals surface area contributed by atoms with Gasteiger partial charge in [-0.25, -0.2) is 0 Å². The van der Waals surface area contributed by atoms with Crippen molar-refractivity contribution in [3.8, 4) is 5.75 Å². The zero-order chi connectivity index (χ0) is 12.5. The van der Waals surface area contributed by atoms with Crippen LogP contribution in [-0.2, 0) is 11.2 Å². The molecule has 2 aliphatic rings. The van der Waals surface area contributed by atoms with E-state index in [1.165, 1.54) is 12.8 Å². The number of phenolic OH excluding ortho intramolecular Hbond substituents is 1. The maximum absolute atomic E-state index is 12.1. The number of carbonyl (C=O) groups excluding carboxylic acids is 1. The number of phenols is 1. The number of aromatic hydroxyl groups is 1. The van der Waals surface area contributed by atoms with Crippen LogP contribution in [0.2, 0.25) is 0 Å². The van der Waals surface area contributed by atoms with Crippen molar-refractivity contribution in [2.24, 2.45) is 17.8 Å². The molecule has 1 saturated carbocycles. The molecule has 1 fully saturated rings. The summed E-state index contributed by atoms with van der Waals surface area (Å²) in [5, 5.41) is 9.66. The van der Waals surface area contributed by atoms with Crippen LogP contribution in [0.5, 0.6) is 5.75 Å². The molecule has 1 aromatic rings. The lowest BCUT2D eigenvalue weighted by atomic mass is 9.87. The van der Waals surface area contributed by atoms with Gasteiger partial charge in [0.25, 0.3) is 0 Å². The van der Waals surface area contributed by atoms with Crippen LogP contribution in [0, 0.1) is 17.8 Å². The number of Topliss-reactive ketones (excluding diaryl/α,β-unsaturated/α-hetero) is 1. The van der Waals surface area contributed by atoms with Gasteiger partial charge in [-0.15, -0.1) is 0 Å². The van der Waals surface area contributed by atoms with E-state index in [4.69, 9.17) is 0 Å². The van der Waals surface area contributed by atoms with Crippen molar-refractivity contribution in [3.63, 3.8) is 0 Å². The standard InChI is InChI=1S/C16H18O2/c17-15(9-13-3-1-2-4-16(13)18)10-14-8-11-5-6-12(14)7-11/h1-6,11-12,14,18H,7-10H2. The number of carbonyl (C=O) groups is 1. The first kappa shape index (κ1) is 11.5.